The standard InChI is InChI=1S/C12H12F3NO3/c1-8-2-4-9(5-3-8)16(7-6-10(17)18)11(19)12(13,14)15/h2-5H,6-7H2,1H3,(H,17,18). The molecule has 104 valence electrons. The highest BCUT2D eigenvalue weighted by Gasteiger charge is 2.43. The summed E-state index contributed by atoms with van der Waals surface area (Å²) < 4.78 is 37.3. The molecule has 0 saturated carbocycles. The van der Waals surface area contributed by atoms with Gasteiger partial charge >= 0.3 is 18.1 Å². The third kappa shape index (κ3) is 4.27. The van der Waals surface area contributed by atoms with Gasteiger partial charge in [0.1, 0.15) is 0 Å². The van der Waals surface area contributed by atoms with Crippen molar-refractivity contribution in [2.24, 2.45) is 0 Å². The minimum Gasteiger partial charge on any atom is -0.481 e. The van der Waals surface area contributed by atoms with Gasteiger partial charge in [0, 0.05) is 12.2 Å². The van der Waals surface area contributed by atoms with Crippen LogP contribution in [0, 0.1) is 6.92 Å². The van der Waals surface area contributed by atoms with Gasteiger partial charge in [-0.25, -0.2) is 0 Å². The number of alkyl halides is 3. The maximum Gasteiger partial charge on any atom is 0.471 e. The van der Waals surface area contributed by atoms with Crippen molar-refractivity contribution in [1.29, 1.82) is 0 Å². The number of carboxylic acids is 1. The second-order valence-electron chi connectivity index (χ2n) is 3.93. The van der Waals surface area contributed by atoms with Crippen molar-refractivity contribution in [3.63, 3.8) is 0 Å². The molecule has 0 radical (unpaired) electrons. The Kier molecular flexibility index (Phi) is 4.52. The number of halogens is 3. The first-order chi connectivity index (χ1) is 8.71. The molecule has 0 spiro atoms. The van der Waals surface area contributed by atoms with Gasteiger partial charge in [-0.05, 0) is 19.1 Å². The number of amides is 1. The Hall–Kier alpha value is -2.05. The van der Waals surface area contributed by atoms with E-state index >= 15 is 0 Å². The summed E-state index contributed by atoms with van der Waals surface area (Å²) in [6.07, 6.45) is -5.60. The zero-order valence-electron chi connectivity index (χ0n) is 10.1. The van der Waals surface area contributed by atoms with Gasteiger partial charge < -0.3 is 10.0 Å². The Labute approximate surface area is 107 Å². The number of benzene rings is 1. The fourth-order valence-electron chi connectivity index (χ4n) is 1.43. The highest BCUT2D eigenvalue weighted by atomic mass is 19.4. The molecule has 0 unspecified atom stereocenters. The van der Waals surface area contributed by atoms with Crippen LogP contribution in [0.25, 0.3) is 0 Å². The molecule has 4 nitrogen and oxygen atoms in total. The number of carbonyl (C=O) groups is 2. The number of aryl methyl sites for hydroxylation is 1. The summed E-state index contributed by atoms with van der Waals surface area (Å²) in [5.74, 6) is -3.34. The monoisotopic (exact) mass is 275 g/mol. The minimum atomic E-state index is -5.04. The molecular weight excluding hydrogens is 263 g/mol. The lowest BCUT2D eigenvalue weighted by Gasteiger charge is -2.23. The van der Waals surface area contributed by atoms with E-state index in [9.17, 15) is 22.8 Å². The highest BCUT2D eigenvalue weighted by molar-refractivity contribution is 5.97. The van der Waals surface area contributed by atoms with Crippen LogP contribution < -0.4 is 4.90 Å². The van der Waals surface area contributed by atoms with Crippen molar-refractivity contribution in [3.05, 3.63) is 29.8 Å². The first kappa shape index (κ1) is 15.0. The molecule has 1 N–H and O–H groups in total. The first-order valence-electron chi connectivity index (χ1n) is 5.39. The predicted octanol–water partition coefficient (Wildman–Crippen LogP) is 2.37. The van der Waals surface area contributed by atoms with Gasteiger partial charge in [0.25, 0.3) is 0 Å². The molecule has 7 heteroatoms. The van der Waals surface area contributed by atoms with E-state index in [-0.39, 0.29) is 5.69 Å². The Balaban J connectivity index is 3.01. The zero-order chi connectivity index (χ0) is 14.6. The van der Waals surface area contributed by atoms with Gasteiger partial charge in [-0.1, -0.05) is 17.7 Å². The number of nitrogens with zero attached hydrogens (tertiary/aromatic N) is 1. The molecule has 1 rings (SSSR count). The molecule has 0 heterocycles. The average molecular weight is 275 g/mol. The summed E-state index contributed by atoms with van der Waals surface area (Å²) in [4.78, 5) is 22.1. The Morgan fingerprint density at radius 2 is 1.74 bits per heavy atom. The van der Waals surface area contributed by atoms with Crippen molar-refractivity contribution >= 4 is 17.6 Å². The lowest BCUT2D eigenvalue weighted by atomic mass is 10.2. The smallest absolute Gasteiger partial charge is 0.471 e. The van der Waals surface area contributed by atoms with Gasteiger partial charge in [0.05, 0.1) is 6.42 Å². The van der Waals surface area contributed by atoms with Crippen LogP contribution in [0.5, 0.6) is 0 Å². The number of hydrogen-bond donors (Lipinski definition) is 1. The molecule has 0 aliphatic carbocycles. The summed E-state index contributed by atoms with van der Waals surface area (Å²) in [6, 6.07) is 5.79. The van der Waals surface area contributed by atoms with E-state index in [0.717, 1.165) is 5.56 Å². The number of anilines is 1. The van der Waals surface area contributed by atoms with Crippen LogP contribution >= 0.6 is 0 Å². The third-order valence-corrected chi connectivity index (χ3v) is 2.38. The van der Waals surface area contributed by atoms with Crippen LogP contribution in [0.3, 0.4) is 0 Å². The molecule has 1 amide bonds. The Bertz CT molecular complexity index is 468. The molecule has 0 saturated heterocycles. The summed E-state index contributed by atoms with van der Waals surface area (Å²) in [5, 5.41) is 8.52. The normalized spacial score (nSPS) is 11.2. The molecule has 0 fully saturated rings. The van der Waals surface area contributed by atoms with Crippen LogP contribution in [-0.4, -0.2) is 29.7 Å². The van der Waals surface area contributed by atoms with E-state index in [1.807, 2.05) is 0 Å². The maximum atomic E-state index is 12.4. The van der Waals surface area contributed by atoms with Crippen molar-refractivity contribution in [1.82, 2.24) is 0 Å². The average Bonchev–Trinajstić information content (AvgIpc) is 2.29. The Morgan fingerprint density at radius 1 is 1.21 bits per heavy atom. The first-order valence-corrected chi connectivity index (χ1v) is 5.39. The van der Waals surface area contributed by atoms with Crippen LogP contribution in [-0.2, 0) is 9.59 Å². The molecule has 0 bridgehead atoms. The van der Waals surface area contributed by atoms with E-state index in [0.29, 0.717) is 4.90 Å². The fraction of sp³-hybridized carbons (Fsp3) is 0.333. The number of rotatable bonds is 4. The summed E-state index contributed by atoms with van der Waals surface area (Å²) in [6.45, 7) is 1.22. The largest absolute Gasteiger partial charge is 0.481 e. The molecule has 0 aromatic heterocycles. The van der Waals surface area contributed by atoms with Gasteiger partial charge in [-0.2, -0.15) is 13.2 Å². The molecular formula is C12H12F3NO3. The number of aliphatic carboxylic acids is 1. The van der Waals surface area contributed by atoms with E-state index in [1.54, 1.807) is 19.1 Å². The molecule has 1 aromatic carbocycles. The third-order valence-electron chi connectivity index (χ3n) is 2.38. The molecule has 0 atom stereocenters. The second-order valence-corrected chi connectivity index (χ2v) is 3.93. The van der Waals surface area contributed by atoms with E-state index < -0.39 is 31.0 Å². The fourth-order valence-corrected chi connectivity index (χ4v) is 1.43. The number of carboxylic acid groups (broad SMARTS) is 1. The van der Waals surface area contributed by atoms with Crippen molar-refractivity contribution in [2.75, 3.05) is 11.4 Å². The quantitative estimate of drug-likeness (QED) is 0.917. The molecule has 1 aromatic rings. The maximum absolute atomic E-state index is 12.4. The minimum absolute atomic E-state index is 0.0224. The summed E-state index contributed by atoms with van der Waals surface area (Å²) in [7, 11) is 0. The topological polar surface area (TPSA) is 57.6 Å². The zero-order valence-corrected chi connectivity index (χ0v) is 10.1. The summed E-state index contributed by atoms with van der Waals surface area (Å²) in [5.41, 5.74) is 0.843. The van der Waals surface area contributed by atoms with Gasteiger partial charge in [0.2, 0.25) is 0 Å². The van der Waals surface area contributed by atoms with Crippen LogP contribution in [0.2, 0.25) is 0 Å². The van der Waals surface area contributed by atoms with Crippen molar-refractivity contribution in [3.8, 4) is 0 Å². The van der Waals surface area contributed by atoms with E-state index in [4.69, 9.17) is 5.11 Å². The van der Waals surface area contributed by atoms with E-state index in [1.165, 1.54) is 12.1 Å². The molecule has 0 aliphatic rings. The highest BCUT2D eigenvalue weighted by Crippen LogP contribution is 2.24. The van der Waals surface area contributed by atoms with Crippen molar-refractivity contribution < 1.29 is 27.9 Å². The van der Waals surface area contributed by atoms with Gasteiger partial charge in [-0.3, -0.25) is 9.59 Å². The molecule has 19 heavy (non-hydrogen) atoms. The van der Waals surface area contributed by atoms with E-state index in [2.05, 4.69) is 0 Å². The van der Waals surface area contributed by atoms with Crippen LogP contribution in [0.4, 0.5) is 18.9 Å². The Morgan fingerprint density at radius 3 is 2.16 bits per heavy atom. The lowest BCUT2D eigenvalue weighted by Crippen LogP contribution is -2.42. The summed E-state index contributed by atoms with van der Waals surface area (Å²) >= 11 is 0. The second kappa shape index (κ2) is 5.73. The van der Waals surface area contributed by atoms with Gasteiger partial charge in [0.15, 0.2) is 0 Å². The number of carbonyl (C=O) groups excluding carboxylic acids is 1. The molecule has 0 aliphatic heterocycles. The van der Waals surface area contributed by atoms with Crippen LogP contribution in [0.1, 0.15) is 12.0 Å². The van der Waals surface area contributed by atoms with Crippen LogP contribution in [0.15, 0.2) is 24.3 Å². The van der Waals surface area contributed by atoms with Gasteiger partial charge in [-0.15, -0.1) is 0 Å². The lowest BCUT2D eigenvalue weighted by molar-refractivity contribution is -0.170. The SMILES string of the molecule is Cc1ccc(N(CCC(=O)O)C(=O)C(F)(F)F)cc1. The number of hydrogen-bond acceptors (Lipinski definition) is 2. The van der Waals surface area contributed by atoms with Crippen molar-refractivity contribution in [2.45, 2.75) is 19.5 Å². The predicted molar refractivity (Wildman–Crippen MR) is 61.8 cm³/mol.